The van der Waals surface area contributed by atoms with Crippen LogP contribution in [0.15, 0.2) is 29.0 Å². The number of nitrogens with one attached hydrogen (secondary N) is 1. The Bertz CT molecular complexity index is 1310. The van der Waals surface area contributed by atoms with Crippen LogP contribution in [0.3, 0.4) is 0 Å². The fourth-order valence-electron chi connectivity index (χ4n) is 6.31. The Morgan fingerprint density at radius 3 is 2.36 bits per heavy atom. The fraction of sp³-hybridized carbons (Fsp3) is 0.552. The van der Waals surface area contributed by atoms with Gasteiger partial charge in [0.1, 0.15) is 22.7 Å². The molecule has 1 aromatic carbocycles. The average Bonchev–Trinajstić information content (AvgIpc) is 2.79. The van der Waals surface area contributed by atoms with Crippen molar-refractivity contribution in [2.75, 3.05) is 39.6 Å². The van der Waals surface area contributed by atoms with Crippen LogP contribution in [0.1, 0.15) is 48.7 Å². The number of anilines is 1. The summed E-state index contributed by atoms with van der Waals surface area (Å²) in [7, 11) is 7.07. The first-order chi connectivity index (χ1) is 18.0. The maximum absolute atomic E-state index is 14.0. The lowest BCUT2D eigenvalue weighted by Gasteiger charge is -2.49. The summed E-state index contributed by atoms with van der Waals surface area (Å²) in [6.07, 6.45) is 1.89. The number of hydrogen-bond donors (Lipinski definition) is 5. The monoisotopic (exact) mass is 540 g/mol. The van der Waals surface area contributed by atoms with Crippen LogP contribution in [-0.2, 0) is 22.6 Å². The number of nitrogens with two attached hydrogens (primary N) is 1. The molecule has 0 unspecified atom stereocenters. The number of nitrogens with zero attached hydrogens (tertiary/aromatic N) is 2. The highest BCUT2D eigenvalue weighted by molar-refractivity contribution is 6.22. The molecule has 10 heteroatoms. The van der Waals surface area contributed by atoms with Gasteiger partial charge in [-0.2, -0.15) is 0 Å². The van der Waals surface area contributed by atoms with Crippen molar-refractivity contribution >= 4 is 23.2 Å². The largest absolute Gasteiger partial charge is 0.508 e. The molecule has 10 nitrogen and oxygen atoms in total. The average molecular weight is 541 g/mol. The van der Waals surface area contributed by atoms with Crippen LogP contribution < -0.4 is 16.0 Å². The molecular formula is C29H40N4O6. The second-order valence-corrected chi connectivity index (χ2v) is 12.7. The quantitative estimate of drug-likeness (QED) is 0.337. The molecule has 3 aliphatic carbocycles. The number of aromatic hydroxyl groups is 1. The summed E-state index contributed by atoms with van der Waals surface area (Å²) in [4.78, 5) is 42.8. The van der Waals surface area contributed by atoms with Crippen LogP contribution in [0.25, 0.3) is 0 Å². The molecule has 4 atom stereocenters. The Labute approximate surface area is 229 Å². The number of fused-ring (bicyclic) bond motifs is 3. The second-order valence-electron chi connectivity index (χ2n) is 12.7. The predicted octanol–water partition coefficient (Wildman–Crippen LogP) is 1.44. The van der Waals surface area contributed by atoms with E-state index in [2.05, 4.69) is 26.1 Å². The van der Waals surface area contributed by atoms with Crippen molar-refractivity contribution in [2.45, 2.75) is 51.8 Å². The number of aliphatic hydroxyl groups excluding tert-OH is 1. The number of Topliss-reactive ketones (excluding diaryl/α,β-unsaturated/α-hetero) is 2. The topological polar surface area (TPSA) is 156 Å². The maximum Gasteiger partial charge on any atom is 0.255 e. The number of amides is 1. The SMILES string of the molecule is CN(C)c1cc(CNCC(C)(C)C)c(O)c2c1C[C@H]1C[C@H]3[C@H](N(C)C)C(=O)C(C(N)=O)=C(O)[C@@]3(O)C=C1C2=O. The number of carbonyl (C=O) groups excluding carboxylic acids is 3. The van der Waals surface area contributed by atoms with Crippen LogP contribution in [0.4, 0.5) is 5.69 Å². The Hall–Kier alpha value is -3.21. The molecule has 4 rings (SSSR count). The van der Waals surface area contributed by atoms with Gasteiger partial charge < -0.3 is 31.3 Å². The number of likely N-dealkylation sites (N-methyl/N-ethyl adjacent to an activating group) is 1. The van der Waals surface area contributed by atoms with Crippen molar-refractivity contribution in [3.8, 4) is 5.75 Å². The van der Waals surface area contributed by atoms with Crippen molar-refractivity contribution in [2.24, 2.45) is 23.0 Å². The molecular weight excluding hydrogens is 500 g/mol. The van der Waals surface area contributed by atoms with E-state index in [9.17, 15) is 29.7 Å². The molecule has 1 aromatic rings. The van der Waals surface area contributed by atoms with Gasteiger partial charge in [-0.1, -0.05) is 20.8 Å². The summed E-state index contributed by atoms with van der Waals surface area (Å²) < 4.78 is 0. The van der Waals surface area contributed by atoms with Gasteiger partial charge in [0.25, 0.3) is 5.91 Å². The van der Waals surface area contributed by atoms with Crippen molar-refractivity contribution < 1.29 is 29.7 Å². The lowest BCUT2D eigenvalue weighted by atomic mass is 9.60. The summed E-state index contributed by atoms with van der Waals surface area (Å²) in [5, 5.41) is 37.4. The lowest BCUT2D eigenvalue weighted by molar-refractivity contribution is -0.133. The van der Waals surface area contributed by atoms with Gasteiger partial charge in [0.15, 0.2) is 11.6 Å². The molecule has 0 fully saturated rings. The number of carbonyl (C=O) groups is 3. The summed E-state index contributed by atoms with van der Waals surface area (Å²) in [6.45, 7) is 7.36. The van der Waals surface area contributed by atoms with E-state index in [0.29, 0.717) is 30.6 Å². The molecule has 0 saturated carbocycles. The van der Waals surface area contributed by atoms with E-state index in [4.69, 9.17) is 5.73 Å². The molecule has 0 heterocycles. The van der Waals surface area contributed by atoms with Crippen molar-refractivity contribution in [1.82, 2.24) is 10.2 Å². The van der Waals surface area contributed by atoms with Gasteiger partial charge in [0.05, 0.1) is 11.6 Å². The van der Waals surface area contributed by atoms with Gasteiger partial charge in [-0.3, -0.25) is 19.3 Å². The first kappa shape index (κ1) is 28.8. The highest BCUT2D eigenvalue weighted by Crippen LogP contribution is 2.51. The van der Waals surface area contributed by atoms with E-state index >= 15 is 0 Å². The number of rotatable bonds is 6. The van der Waals surface area contributed by atoms with Gasteiger partial charge in [0, 0.05) is 49.9 Å². The smallest absolute Gasteiger partial charge is 0.255 e. The van der Waals surface area contributed by atoms with Crippen LogP contribution in [0, 0.1) is 17.3 Å². The zero-order valence-corrected chi connectivity index (χ0v) is 23.8. The van der Waals surface area contributed by atoms with Crippen LogP contribution in [0.2, 0.25) is 0 Å². The number of aliphatic hydroxyl groups is 2. The minimum absolute atomic E-state index is 0.0290. The number of phenols is 1. The zero-order chi connectivity index (χ0) is 29.2. The number of phenolic OH excluding ortho intramolecular Hbond substituents is 1. The summed E-state index contributed by atoms with van der Waals surface area (Å²) >= 11 is 0. The Kier molecular flexibility index (Phi) is 7.21. The predicted molar refractivity (Wildman–Crippen MR) is 148 cm³/mol. The van der Waals surface area contributed by atoms with Crippen LogP contribution in [-0.4, -0.2) is 84.1 Å². The second kappa shape index (κ2) is 9.76. The number of ketones is 2. The molecule has 212 valence electrons. The van der Waals surface area contributed by atoms with E-state index in [0.717, 1.165) is 5.69 Å². The van der Waals surface area contributed by atoms with Gasteiger partial charge in [-0.25, -0.2) is 0 Å². The van der Waals surface area contributed by atoms with E-state index in [1.54, 1.807) is 19.0 Å². The molecule has 0 bridgehead atoms. The standard InChI is InChI=1S/C29H40N4O6/c1-28(2,3)13-31-12-15-10-19(32(4)5)16-8-14-9-18-22(33(6)7)25(36)21(27(30)38)26(37)29(18,39)11-17(14)24(35)20(16)23(15)34/h10-11,14,18,22,31,34,37,39H,8-9,12-13H2,1-7H3,(H2,30,38)/t14-,18-,22-,29+/m0/s1. The van der Waals surface area contributed by atoms with Crippen LogP contribution in [0.5, 0.6) is 5.75 Å². The Morgan fingerprint density at radius 1 is 1.18 bits per heavy atom. The molecule has 1 amide bonds. The van der Waals surface area contributed by atoms with E-state index in [1.165, 1.54) is 6.08 Å². The van der Waals surface area contributed by atoms with Gasteiger partial charge in [-0.05, 0) is 56.0 Å². The number of hydrogen-bond acceptors (Lipinski definition) is 9. The fourth-order valence-corrected chi connectivity index (χ4v) is 6.31. The molecule has 0 radical (unpaired) electrons. The molecule has 0 aliphatic heterocycles. The molecule has 6 N–H and O–H groups in total. The maximum atomic E-state index is 14.0. The number of allylic oxidation sites excluding steroid dienone is 1. The van der Waals surface area contributed by atoms with Crippen molar-refractivity contribution in [1.29, 1.82) is 0 Å². The van der Waals surface area contributed by atoms with Gasteiger partial charge in [0.2, 0.25) is 0 Å². The molecule has 3 aliphatic rings. The highest BCUT2D eigenvalue weighted by Gasteiger charge is 2.58. The Balaban J connectivity index is 1.86. The van der Waals surface area contributed by atoms with Crippen molar-refractivity contribution in [3.63, 3.8) is 0 Å². The lowest BCUT2D eigenvalue weighted by Crippen LogP contribution is -2.61. The minimum atomic E-state index is -2.14. The van der Waals surface area contributed by atoms with Crippen LogP contribution >= 0.6 is 0 Å². The molecule has 39 heavy (non-hydrogen) atoms. The third-order valence-corrected chi connectivity index (χ3v) is 8.09. The third-order valence-electron chi connectivity index (χ3n) is 8.09. The number of benzene rings is 1. The van der Waals surface area contributed by atoms with Crippen molar-refractivity contribution in [3.05, 3.63) is 45.7 Å². The molecule has 0 aromatic heterocycles. The Morgan fingerprint density at radius 2 is 1.82 bits per heavy atom. The first-order valence-electron chi connectivity index (χ1n) is 13.2. The zero-order valence-electron chi connectivity index (χ0n) is 23.8. The molecule has 0 saturated heterocycles. The molecule has 0 spiro atoms. The van der Waals surface area contributed by atoms with E-state index in [-0.39, 0.29) is 34.6 Å². The third kappa shape index (κ3) is 4.74. The highest BCUT2D eigenvalue weighted by atomic mass is 16.3. The van der Waals surface area contributed by atoms with E-state index < -0.39 is 46.4 Å². The van der Waals surface area contributed by atoms with E-state index in [1.807, 2.05) is 25.1 Å². The number of primary amides is 1. The normalized spacial score (nSPS) is 26.7. The van der Waals surface area contributed by atoms with Gasteiger partial charge >= 0.3 is 0 Å². The summed E-state index contributed by atoms with van der Waals surface area (Å²) in [5.74, 6) is -4.36. The van der Waals surface area contributed by atoms with Gasteiger partial charge in [-0.15, -0.1) is 0 Å². The first-order valence-corrected chi connectivity index (χ1v) is 13.2. The minimum Gasteiger partial charge on any atom is -0.508 e. The summed E-state index contributed by atoms with van der Waals surface area (Å²) in [6, 6.07) is 0.964. The summed E-state index contributed by atoms with van der Waals surface area (Å²) in [5.41, 5.74) is 5.16.